The Kier molecular flexibility index (Phi) is 8.63. The van der Waals surface area contributed by atoms with Crippen LogP contribution in [-0.2, 0) is 10.0 Å². The summed E-state index contributed by atoms with van der Waals surface area (Å²) in [6, 6.07) is 4.33. The second kappa shape index (κ2) is 11.7. The number of sulfonamides is 1. The Morgan fingerprint density at radius 3 is 2.43 bits per heavy atom. The highest BCUT2D eigenvalue weighted by atomic mass is 32.2. The van der Waals surface area contributed by atoms with Gasteiger partial charge in [-0.3, -0.25) is 4.79 Å². The molecule has 202 valence electrons. The van der Waals surface area contributed by atoms with Crippen molar-refractivity contribution in [3.8, 4) is 17.1 Å². The maximum atomic E-state index is 13.3. The molecule has 0 spiro atoms. The predicted octanol–water partition coefficient (Wildman–Crippen LogP) is 2.20. The van der Waals surface area contributed by atoms with Crippen molar-refractivity contribution in [2.75, 3.05) is 32.9 Å². The van der Waals surface area contributed by atoms with Crippen LogP contribution in [0.4, 0.5) is 0 Å². The SMILES string of the molecule is CCOc1ccc(S(=O)(=O)N(CCO)CCO)cc1-c1nn2c(C3CCCCCC3)nc(C)c2c(=O)[nH]1. The van der Waals surface area contributed by atoms with Crippen LogP contribution in [0.25, 0.3) is 16.9 Å². The number of aliphatic hydroxyl groups is 2. The molecule has 1 aliphatic carbocycles. The van der Waals surface area contributed by atoms with Gasteiger partial charge in [-0.1, -0.05) is 25.7 Å². The monoisotopic (exact) mass is 533 g/mol. The number of H-pyrrole nitrogens is 1. The zero-order chi connectivity index (χ0) is 26.6. The lowest BCUT2D eigenvalue weighted by Crippen LogP contribution is -2.35. The average Bonchev–Trinajstić information content (AvgIpc) is 3.03. The molecule has 2 aromatic heterocycles. The largest absolute Gasteiger partial charge is 0.493 e. The molecule has 1 aromatic carbocycles. The number of imidazole rings is 1. The fourth-order valence-electron chi connectivity index (χ4n) is 4.98. The number of hydrogen-bond donors (Lipinski definition) is 3. The van der Waals surface area contributed by atoms with Crippen molar-refractivity contribution < 1.29 is 23.4 Å². The first-order valence-corrected chi connectivity index (χ1v) is 14.2. The van der Waals surface area contributed by atoms with Crippen LogP contribution in [0.3, 0.4) is 0 Å². The van der Waals surface area contributed by atoms with E-state index in [1.165, 1.54) is 31.0 Å². The number of ether oxygens (including phenoxy) is 1. The Labute approximate surface area is 216 Å². The Bertz CT molecular complexity index is 1390. The lowest BCUT2D eigenvalue weighted by molar-refractivity contribution is 0.217. The molecule has 3 N–H and O–H groups in total. The predicted molar refractivity (Wildman–Crippen MR) is 138 cm³/mol. The molecule has 0 unspecified atom stereocenters. The average molecular weight is 534 g/mol. The van der Waals surface area contributed by atoms with E-state index in [9.17, 15) is 23.4 Å². The van der Waals surface area contributed by atoms with Gasteiger partial charge in [0.2, 0.25) is 10.0 Å². The minimum Gasteiger partial charge on any atom is -0.493 e. The van der Waals surface area contributed by atoms with Crippen LogP contribution in [0, 0.1) is 6.92 Å². The van der Waals surface area contributed by atoms with E-state index in [1.807, 2.05) is 0 Å². The molecule has 37 heavy (non-hydrogen) atoms. The van der Waals surface area contributed by atoms with Gasteiger partial charge < -0.3 is 19.9 Å². The Balaban J connectivity index is 1.88. The molecular formula is C25H35N5O6S. The number of rotatable bonds is 10. The van der Waals surface area contributed by atoms with Gasteiger partial charge >= 0.3 is 0 Å². The first kappa shape index (κ1) is 27.2. The van der Waals surface area contributed by atoms with Gasteiger partial charge in [0.15, 0.2) is 11.3 Å². The number of fused-ring (bicyclic) bond motifs is 1. The molecule has 0 amide bonds. The number of hydrogen-bond acceptors (Lipinski definition) is 8. The molecule has 0 radical (unpaired) electrons. The van der Waals surface area contributed by atoms with Gasteiger partial charge in [-0.25, -0.2) is 17.9 Å². The number of benzene rings is 1. The number of aromatic nitrogens is 4. The number of nitrogens with one attached hydrogen (secondary N) is 1. The molecule has 0 saturated heterocycles. The van der Waals surface area contributed by atoms with Crippen molar-refractivity contribution >= 4 is 15.5 Å². The summed E-state index contributed by atoms with van der Waals surface area (Å²) in [5.41, 5.74) is 0.923. The van der Waals surface area contributed by atoms with Crippen LogP contribution >= 0.6 is 0 Å². The molecule has 0 aliphatic heterocycles. The van der Waals surface area contributed by atoms with Gasteiger partial charge in [-0.15, -0.1) is 5.10 Å². The molecule has 1 fully saturated rings. The van der Waals surface area contributed by atoms with Gasteiger partial charge in [0.25, 0.3) is 5.56 Å². The molecule has 2 heterocycles. The minimum atomic E-state index is -4.05. The van der Waals surface area contributed by atoms with Crippen molar-refractivity contribution in [3.63, 3.8) is 0 Å². The maximum Gasteiger partial charge on any atom is 0.277 e. The van der Waals surface area contributed by atoms with E-state index in [-0.39, 0.29) is 35.3 Å². The van der Waals surface area contributed by atoms with E-state index in [2.05, 4.69) is 4.98 Å². The Hall–Kier alpha value is -2.80. The van der Waals surface area contributed by atoms with Crippen LogP contribution in [0.15, 0.2) is 27.9 Å². The third kappa shape index (κ3) is 5.57. The quantitative estimate of drug-likeness (QED) is 0.336. The summed E-state index contributed by atoms with van der Waals surface area (Å²) >= 11 is 0. The molecule has 0 atom stereocenters. The number of nitrogens with zero attached hydrogens (tertiary/aromatic N) is 4. The number of aryl methyl sites for hydroxylation is 1. The molecule has 11 nitrogen and oxygen atoms in total. The zero-order valence-electron chi connectivity index (χ0n) is 21.3. The highest BCUT2D eigenvalue weighted by Crippen LogP contribution is 2.34. The van der Waals surface area contributed by atoms with Crippen LogP contribution in [0.5, 0.6) is 5.75 Å². The smallest absolute Gasteiger partial charge is 0.277 e. The van der Waals surface area contributed by atoms with E-state index < -0.39 is 23.2 Å². The van der Waals surface area contributed by atoms with E-state index >= 15 is 0 Å². The zero-order valence-corrected chi connectivity index (χ0v) is 22.1. The molecule has 1 saturated carbocycles. The second-order valence-electron chi connectivity index (χ2n) is 9.25. The number of aromatic amines is 1. The topological polar surface area (TPSA) is 150 Å². The third-order valence-corrected chi connectivity index (χ3v) is 8.66. The van der Waals surface area contributed by atoms with E-state index in [0.29, 0.717) is 29.1 Å². The normalized spacial score (nSPS) is 15.4. The van der Waals surface area contributed by atoms with Crippen molar-refractivity contribution in [3.05, 3.63) is 40.1 Å². The summed E-state index contributed by atoms with van der Waals surface area (Å²) in [7, 11) is -4.05. The molecular weight excluding hydrogens is 498 g/mol. The summed E-state index contributed by atoms with van der Waals surface area (Å²) in [5, 5.41) is 23.4. The van der Waals surface area contributed by atoms with Crippen LogP contribution in [-0.4, -0.2) is 75.4 Å². The van der Waals surface area contributed by atoms with E-state index in [1.54, 1.807) is 18.4 Å². The van der Waals surface area contributed by atoms with Crippen molar-refractivity contribution in [2.24, 2.45) is 0 Å². The van der Waals surface area contributed by atoms with Gasteiger partial charge in [0.1, 0.15) is 11.6 Å². The Morgan fingerprint density at radius 1 is 1.14 bits per heavy atom. The molecule has 0 bridgehead atoms. The van der Waals surface area contributed by atoms with Crippen molar-refractivity contribution in [2.45, 2.75) is 63.2 Å². The van der Waals surface area contributed by atoms with Crippen LogP contribution in [0.1, 0.15) is 62.9 Å². The standard InChI is InChI=1S/C25H35N5O6S/c1-3-36-21-11-10-19(37(34,35)29(12-14-31)13-15-32)16-20(21)23-27-25(33)22-17(2)26-24(30(22)28-23)18-8-6-4-5-7-9-18/h10-11,16,18,31-32H,3-9,12-15H2,1-2H3,(H,27,28,33). The van der Waals surface area contributed by atoms with Gasteiger partial charge in [0.05, 0.1) is 36.0 Å². The molecule has 3 aromatic rings. The van der Waals surface area contributed by atoms with Crippen LogP contribution in [0.2, 0.25) is 0 Å². The lowest BCUT2D eigenvalue weighted by atomic mass is 10.00. The molecule has 4 rings (SSSR count). The Morgan fingerprint density at radius 2 is 1.81 bits per heavy atom. The molecule has 1 aliphatic rings. The summed E-state index contributed by atoms with van der Waals surface area (Å²) in [6.07, 6.45) is 6.52. The van der Waals surface area contributed by atoms with Gasteiger partial charge in [0, 0.05) is 19.0 Å². The van der Waals surface area contributed by atoms with E-state index in [4.69, 9.17) is 14.8 Å². The molecule has 12 heteroatoms. The lowest BCUT2D eigenvalue weighted by Gasteiger charge is -2.21. The highest BCUT2D eigenvalue weighted by Gasteiger charge is 2.27. The second-order valence-corrected chi connectivity index (χ2v) is 11.2. The maximum absolute atomic E-state index is 13.3. The third-order valence-electron chi connectivity index (χ3n) is 6.76. The van der Waals surface area contributed by atoms with Gasteiger partial charge in [-0.05, 0) is 44.9 Å². The number of aliphatic hydroxyl groups excluding tert-OH is 2. The summed E-state index contributed by atoms with van der Waals surface area (Å²) < 4.78 is 35.0. The first-order valence-electron chi connectivity index (χ1n) is 12.8. The summed E-state index contributed by atoms with van der Waals surface area (Å²) in [5.74, 6) is 1.48. The van der Waals surface area contributed by atoms with E-state index in [0.717, 1.165) is 35.8 Å². The summed E-state index contributed by atoms with van der Waals surface area (Å²) in [6.45, 7) is 2.82. The summed E-state index contributed by atoms with van der Waals surface area (Å²) in [4.78, 5) is 20.7. The first-order chi connectivity index (χ1) is 17.8. The van der Waals surface area contributed by atoms with Crippen molar-refractivity contribution in [1.29, 1.82) is 0 Å². The van der Waals surface area contributed by atoms with Crippen molar-refractivity contribution in [1.82, 2.24) is 23.9 Å². The fraction of sp³-hybridized carbons (Fsp3) is 0.560. The van der Waals surface area contributed by atoms with Crippen LogP contribution < -0.4 is 10.3 Å². The highest BCUT2D eigenvalue weighted by molar-refractivity contribution is 7.89. The fourth-order valence-corrected chi connectivity index (χ4v) is 6.43. The minimum absolute atomic E-state index is 0.0681. The van der Waals surface area contributed by atoms with Gasteiger partial charge in [-0.2, -0.15) is 4.31 Å².